The minimum atomic E-state index is -0.259. The van der Waals surface area contributed by atoms with Crippen molar-refractivity contribution in [2.75, 3.05) is 32.0 Å². The van der Waals surface area contributed by atoms with E-state index in [0.717, 1.165) is 19.5 Å². The van der Waals surface area contributed by atoms with Gasteiger partial charge in [0.05, 0.1) is 29.5 Å². The quantitative estimate of drug-likeness (QED) is 0.397. The van der Waals surface area contributed by atoms with Gasteiger partial charge in [-0.3, -0.25) is 15.1 Å². The Balaban J connectivity index is 1.53. The van der Waals surface area contributed by atoms with Crippen molar-refractivity contribution in [1.29, 1.82) is 10.7 Å². The van der Waals surface area contributed by atoms with E-state index in [4.69, 9.17) is 22.3 Å². The smallest absolute Gasteiger partial charge is 0.255 e. The van der Waals surface area contributed by atoms with Crippen LogP contribution in [0.2, 0.25) is 5.02 Å². The average Bonchev–Trinajstić information content (AvgIpc) is 3.44. The van der Waals surface area contributed by atoms with Crippen LogP contribution in [-0.4, -0.2) is 64.2 Å². The van der Waals surface area contributed by atoms with Crippen LogP contribution in [0.3, 0.4) is 0 Å². The third-order valence-electron chi connectivity index (χ3n) is 5.77. The van der Waals surface area contributed by atoms with E-state index in [9.17, 15) is 4.79 Å². The molecule has 0 bridgehead atoms. The maximum absolute atomic E-state index is 13.0. The summed E-state index contributed by atoms with van der Waals surface area (Å²) in [6.45, 7) is 4.22. The normalized spacial score (nSPS) is 17.0. The van der Waals surface area contributed by atoms with Gasteiger partial charge in [0.15, 0.2) is 5.65 Å². The number of likely N-dealkylation sites (tertiary alicyclic amines) is 1. The molecule has 1 aliphatic rings. The highest BCUT2D eigenvalue weighted by Gasteiger charge is 2.24. The van der Waals surface area contributed by atoms with E-state index < -0.39 is 0 Å². The standard InChI is InChI=1S/C23H25ClN8O/c1-13(11-32-6-5-14(8-25)12-32)30-23(33)17-9-28-22-21(17)31-19(10-29-22)20(26)16-4-3-15(24)7-18(16)27-2/h3-4,7,9-10,13-14,26-27H,5-6,11-12H2,1-2H3,(H,28,29)(H,30,33). The largest absolute Gasteiger partial charge is 0.388 e. The van der Waals surface area contributed by atoms with Crippen molar-refractivity contribution >= 4 is 40.1 Å². The van der Waals surface area contributed by atoms with Gasteiger partial charge in [0.25, 0.3) is 5.91 Å². The number of hydrogen-bond acceptors (Lipinski definition) is 7. The van der Waals surface area contributed by atoms with Gasteiger partial charge in [-0.2, -0.15) is 5.26 Å². The molecule has 10 heteroatoms. The summed E-state index contributed by atoms with van der Waals surface area (Å²) >= 11 is 6.07. The van der Waals surface area contributed by atoms with Crippen molar-refractivity contribution in [2.45, 2.75) is 19.4 Å². The first-order valence-electron chi connectivity index (χ1n) is 10.7. The number of fused-ring (bicyclic) bond motifs is 1. The first-order chi connectivity index (χ1) is 15.9. The zero-order chi connectivity index (χ0) is 23.5. The predicted molar refractivity (Wildman–Crippen MR) is 128 cm³/mol. The zero-order valence-corrected chi connectivity index (χ0v) is 19.2. The number of aromatic amines is 1. The van der Waals surface area contributed by atoms with Crippen LogP contribution in [0.4, 0.5) is 5.69 Å². The van der Waals surface area contributed by atoms with Crippen LogP contribution >= 0.6 is 11.6 Å². The minimum absolute atomic E-state index is 0.0644. The molecule has 1 saturated heterocycles. The molecule has 4 N–H and O–H groups in total. The van der Waals surface area contributed by atoms with Crippen LogP contribution < -0.4 is 10.6 Å². The Labute approximate surface area is 196 Å². The first-order valence-corrected chi connectivity index (χ1v) is 11.1. The van der Waals surface area contributed by atoms with Crippen molar-refractivity contribution in [1.82, 2.24) is 25.2 Å². The lowest BCUT2D eigenvalue weighted by Crippen LogP contribution is -2.41. The molecular formula is C23H25ClN8O. The number of aromatic nitrogens is 3. The molecule has 0 aliphatic carbocycles. The molecule has 3 heterocycles. The van der Waals surface area contributed by atoms with Gasteiger partial charge in [0, 0.05) is 48.6 Å². The second kappa shape index (κ2) is 9.57. The molecule has 4 rings (SSSR count). The molecule has 2 aromatic heterocycles. The van der Waals surface area contributed by atoms with Gasteiger partial charge in [-0.05, 0) is 38.1 Å². The number of carbonyl (C=O) groups is 1. The third kappa shape index (κ3) is 4.82. The number of nitrogens with one attached hydrogen (secondary N) is 4. The second-order valence-corrected chi connectivity index (χ2v) is 8.65. The van der Waals surface area contributed by atoms with Crippen LogP contribution in [0.1, 0.15) is 35.0 Å². The molecule has 0 spiro atoms. The first kappa shape index (κ1) is 22.7. The molecule has 9 nitrogen and oxygen atoms in total. The Morgan fingerprint density at radius 1 is 1.45 bits per heavy atom. The van der Waals surface area contributed by atoms with E-state index >= 15 is 0 Å². The SMILES string of the molecule is CNc1cc(Cl)ccc1C(=N)c1cnc2[nH]cc(C(=O)NC(C)CN3CCC(C#N)C3)c2n1. The fraction of sp³-hybridized carbons (Fsp3) is 0.348. The fourth-order valence-corrected chi connectivity index (χ4v) is 4.27. The molecule has 2 unspecified atom stereocenters. The Hall–Kier alpha value is -3.48. The monoisotopic (exact) mass is 464 g/mol. The molecule has 1 aliphatic heterocycles. The molecule has 170 valence electrons. The molecular weight excluding hydrogens is 440 g/mol. The van der Waals surface area contributed by atoms with E-state index in [1.54, 1.807) is 31.4 Å². The third-order valence-corrected chi connectivity index (χ3v) is 6.00. The summed E-state index contributed by atoms with van der Waals surface area (Å²) in [5.74, 6) is -0.195. The number of nitrogens with zero attached hydrogens (tertiary/aromatic N) is 4. The summed E-state index contributed by atoms with van der Waals surface area (Å²) in [4.78, 5) is 27.1. The molecule has 0 radical (unpaired) electrons. The highest BCUT2D eigenvalue weighted by atomic mass is 35.5. The molecule has 1 fully saturated rings. The lowest BCUT2D eigenvalue weighted by molar-refractivity contribution is 0.0933. The van der Waals surface area contributed by atoms with Gasteiger partial charge in [-0.15, -0.1) is 0 Å². The van der Waals surface area contributed by atoms with Gasteiger partial charge < -0.3 is 15.6 Å². The number of carbonyl (C=O) groups excluding carboxylic acids is 1. The van der Waals surface area contributed by atoms with Crippen LogP contribution in [-0.2, 0) is 0 Å². The van der Waals surface area contributed by atoms with E-state index in [1.807, 2.05) is 6.92 Å². The van der Waals surface area contributed by atoms with Gasteiger partial charge in [0.1, 0.15) is 11.2 Å². The summed E-state index contributed by atoms with van der Waals surface area (Å²) in [6.07, 6.45) is 3.97. The number of H-pyrrole nitrogens is 1. The topological polar surface area (TPSA) is 134 Å². The summed E-state index contributed by atoms with van der Waals surface area (Å²) < 4.78 is 0. The Kier molecular flexibility index (Phi) is 6.58. The van der Waals surface area contributed by atoms with Gasteiger partial charge in [-0.1, -0.05) is 11.6 Å². The zero-order valence-electron chi connectivity index (χ0n) is 18.4. The molecule has 1 aromatic carbocycles. The molecule has 1 amide bonds. The number of nitriles is 1. The van der Waals surface area contributed by atoms with Crippen molar-refractivity contribution in [3.8, 4) is 6.07 Å². The van der Waals surface area contributed by atoms with E-state index in [2.05, 4.69) is 36.6 Å². The highest BCUT2D eigenvalue weighted by Crippen LogP contribution is 2.24. The number of anilines is 1. The summed E-state index contributed by atoms with van der Waals surface area (Å²) in [6, 6.07) is 7.43. The number of amides is 1. The molecule has 0 saturated carbocycles. The Morgan fingerprint density at radius 3 is 3.00 bits per heavy atom. The minimum Gasteiger partial charge on any atom is -0.388 e. The molecule has 33 heavy (non-hydrogen) atoms. The Bertz CT molecular complexity index is 1250. The van der Waals surface area contributed by atoms with Crippen molar-refractivity contribution < 1.29 is 4.79 Å². The highest BCUT2D eigenvalue weighted by molar-refractivity contribution is 6.31. The Morgan fingerprint density at radius 2 is 2.27 bits per heavy atom. The summed E-state index contributed by atoms with van der Waals surface area (Å²) in [5, 5.41) is 24.3. The maximum atomic E-state index is 13.0. The van der Waals surface area contributed by atoms with Crippen LogP contribution in [0.25, 0.3) is 11.2 Å². The second-order valence-electron chi connectivity index (χ2n) is 8.22. The van der Waals surface area contributed by atoms with Crippen molar-refractivity contribution in [3.05, 3.63) is 52.4 Å². The number of rotatable bonds is 7. The fourth-order valence-electron chi connectivity index (χ4n) is 4.10. The van der Waals surface area contributed by atoms with Crippen molar-refractivity contribution in [3.63, 3.8) is 0 Å². The average molecular weight is 465 g/mol. The summed E-state index contributed by atoms with van der Waals surface area (Å²) in [5.41, 5.74) is 3.12. The van der Waals surface area contributed by atoms with Crippen LogP contribution in [0, 0.1) is 22.7 Å². The maximum Gasteiger partial charge on any atom is 0.255 e. The number of halogens is 1. The number of benzene rings is 1. The van der Waals surface area contributed by atoms with Crippen molar-refractivity contribution in [2.24, 2.45) is 5.92 Å². The van der Waals surface area contributed by atoms with Gasteiger partial charge >= 0.3 is 0 Å². The van der Waals surface area contributed by atoms with Crippen LogP contribution in [0.5, 0.6) is 0 Å². The molecule has 2 atom stereocenters. The number of hydrogen-bond donors (Lipinski definition) is 4. The lowest BCUT2D eigenvalue weighted by Gasteiger charge is -2.21. The lowest BCUT2D eigenvalue weighted by atomic mass is 10.1. The van der Waals surface area contributed by atoms with Gasteiger partial charge in [-0.25, -0.2) is 9.97 Å². The molecule has 3 aromatic rings. The predicted octanol–water partition coefficient (Wildman–Crippen LogP) is 3.03. The van der Waals surface area contributed by atoms with Crippen LogP contribution in [0.15, 0.2) is 30.6 Å². The van der Waals surface area contributed by atoms with E-state index in [1.165, 1.54) is 6.20 Å². The summed E-state index contributed by atoms with van der Waals surface area (Å²) in [7, 11) is 1.76. The van der Waals surface area contributed by atoms with E-state index in [-0.39, 0.29) is 23.6 Å². The van der Waals surface area contributed by atoms with Gasteiger partial charge in [0.2, 0.25) is 0 Å². The van der Waals surface area contributed by atoms with E-state index in [0.29, 0.717) is 45.2 Å².